The van der Waals surface area contributed by atoms with Crippen molar-refractivity contribution in [3.8, 4) is 0 Å². The molecule has 0 radical (unpaired) electrons. The maximum absolute atomic E-state index is 11.4. The van der Waals surface area contributed by atoms with Gasteiger partial charge in [0, 0.05) is 37.4 Å². The van der Waals surface area contributed by atoms with Crippen molar-refractivity contribution in [1.82, 2.24) is 15.3 Å². The fourth-order valence-corrected chi connectivity index (χ4v) is 3.00. The zero-order valence-corrected chi connectivity index (χ0v) is 10.4. The minimum Gasteiger partial charge on any atom is -0.351 e. The Morgan fingerprint density at radius 1 is 1.17 bits per heavy atom. The molecule has 1 spiro atoms. The molecule has 1 aromatic rings. The van der Waals surface area contributed by atoms with Gasteiger partial charge in [-0.3, -0.25) is 4.79 Å². The summed E-state index contributed by atoms with van der Waals surface area (Å²) in [4.78, 5) is 22.3. The monoisotopic (exact) mass is 246 g/mol. The maximum Gasteiger partial charge on any atom is 0.225 e. The number of anilines is 1. The SMILES string of the molecule is O=C1CC[C@]2(CCCN(c3ncccn3)CC2)N1. The van der Waals surface area contributed by atoms with Crippen LogP contribution < -0.4 is 10.2 Å². The van der Waals surface area contributed by atoms with E-state index in [-0.39, 0.29) is 11.4 Å². The zero-order chi connectivity index (χ0) is 12.4. The van der Waals surface area contributed by atoms with Gasteiger partial charge in [0.25, 0.3) is 0 Å². The average Bonchev–Trinajstić information content (AvgIpc) is 2.64. The average molecular weight is 246 g/mol. The quantitative estimate of drug-likeness (QED) is 0.806. The smallest absolute Gasteiger partial charge is 0.225 e. The lowest BCUT2D eigenvalue weighted by atomic mass is 9.89. The molecular weight excluding hydrogens is 228 g/mol. The highest BCUT2D eigenvalue weighted by atomic mass is 16.2. The van der Waals surface area contributed by atoms with Crippen molar-refractivity contribution in [2.24, 2.45) is 0 Å². The van der Waals surface area contributed by atoms with Crippen LogP contribution in [0.25, 0.3) is 0 Å². The Morgan fingerprint density at radius 3 is 2.72 bits per heavy atom. The van der Waals surface area contributed by atoms with E-state index >= 15 is 0 Å². The first-order valence-corrected chi connectivity index (χ1v) is 6.60. The molecule has 0 bridgehead atoms. The van der Waals surface area contributed by atoms with Crippen molar-refractivity contribution in [2.75, 3.05) is 18.0 Å². The summed E-state index contributed by atoms with van der Waals surface area (Å²) < 4.78 is 0. The number of carbonyl (C=O) groups excluding carboxylic acids is 1. The third kappa shape index (κ3) is 2.17. The summed E-state index contributed by atoms with van der Waals surface area (Å²) in [6, 6.07) is 1.83. The largest absolute Gasteiger partial charge is 0.351 e. The topological polar surface area (TPSA) is 58.1 Å². The first-order chi connectivity index (χ1) is 8.77. The molecule has 0 aliphatic carbocycles. The number of rotatable bonds is 1. The number of aromatic nitrogens is 2. The van der Waals surface area contributed by atoms with E-state index in [9.17, 15) is 4.79 Å². The summed E-state index contributed by atoms with van der Waals surface area (Å²) in [5.41, 5.74) is 0.0423. The third-order valence-electron chi connectivity index (χ3n) is 4.01. The van der Waals surface area contributed by atoms with E-state index in [1.807, 2.05) is 6.07 Å². The molecule has 5 nitrogen and oxygen atoms in total. The minimum atomic E-state index is 0.0423. The van der Waals surface area contributed by atoms with Gasteiger partial charge in [0.2, 0.25) is 11.9 Å². The van der Waals surface area contributed by atoms with Crippen LogP contribution in [0.3, 0.4) is 0 Å². The molecule has 18 heavy (non-hydrogen) atoms. The van der Waals surface area contributed by atoms with Crippen LogP contribution >= 0.6 is 0 Å². The standard InChI is InChI=1S/C13H18N4O/c18-11-3-5-13(16-11)4-1-9-17(10-6-13)12-14-7-2-8-15-12/h2,7-8H,1,3-6,9-10H2,(H,16,18)/t13-/m0/s1. The number of hydrogen-bond acceptors (Lipinski definition) is 4. The molecule has 2 aliphatic rings. The summed E-state index contributed by atoms with van der Waals surface area (Å²) in [6.45, 7) is 1.89. The number of nitrogens with zero attached hydrogens (tertiary/aromatic N) is 3. The van der Waals surface area contributed by atoms with Crippen LogP contribution in [0.5, 0.6) is 0 Å². The number of hydrogen-bond donors (Lipinski definition) is 1. The molecule has 2 saturated heterocycles. The Labute approximate surface area is 107 Å². The Balaban J connectivity index is 1.71. The van der Waals surface area contributed by atoms with Crippen molar-refractivity contribution < 1.29 is 4.79 Å². The third-order valence-corrected chi connectivity index (χ3v) is 4.01. The van der Waals surface area contributed by atoms with E-state index in [0.29, 0.717) is 6.42 Å². The molecule has 0 aromatic carbocycles. The first kappa shape index (κ1) is 11.4. The zero-order valence-electron chi connectivity index (χ0n) is 10.4. The van der Waals surface area contributed by atoms with Crippen LogP contribution in [0, 0.1) is 0 Å². The van der Waals surface area contributed by atoms with Crippen molar-refractivity contribution in [3.63, 3.8) is 0 Å². The predicted octanol–water partition coefficient (Wildman–Crippen LogP) is 1.12. The molecular formula is C13H18N4O. The molecule has 2 aliphatic heterocycles. The van der Waals surface area contributed by atoms with Crippen molar-refractivity contribution in [3.05, 3.63) is 18.5 Å². The summed E-state index contributed by atoms with van der Waals surface area (Å²) in [5.74, 6) is 1.01. The molecule has 5 heteroatoms. The van der Waals surface area contributed by atoms with E-state index in [1.54, 1.807) is 12.4 Å². The van der Waals surface area contributed by atoms with Gasteiger partial charge in [0.15, 0.2) is 0 Å². The van der Waals surface area contributed by atoms with E-state index < -0.39 is 0 Å². The van der Waals surface area contributed by atoms with Crippen LogP contribution in [-0.2, 0) is 4.79 Å². The Hall–Kier alpha value is -1.65. The Bertz CT molecular complexity index is 436. The molecule has 1 N–H and O–H groups in total. The second-order valence-electron chi connectivity index (χ2n) is 5.22. The number of carbonyl (C=O) groups is 1. The molecule has 0 unspecified atom stereocenters. The lowest BCUT2D eigenvalue weighted by molar-refractivity contribution is -0.119. The molecule has 96 valence electrons. The van der Waals surface area contributed by atoms with Crippen LogP contribution in [0.15, 0.2) is 18.5 Å². The fourth-order valence-electron chi connectivity index (χ4n) is 3.00. The number of nitrogens with one attached hydrogen (secondary N) is 1. The van der Waals surface area contributed by atoms with Crippen molar-refractivity contribution in [2.45, 2.75) is 37.6 Å². The van der Waals surface area contributed by atoms with Crippen LogP contribution in [0.1, 0.15) is 32.1 Å². The van der Waals surface area contributed by atoms with Gasteiger partial charge in [0.05, 0.1) is 0 Å². The van der Waals surface area contributed by atoms with Gasteiger partial charge in [-0.15, -0.1) is 0 Å². The second-order valence-corrected chi connectivity index (χ2v) is 5.22. The normalized spacial score (nSPS) is 28.2. The Kier molecular flexibility index (Phi) is 2.89. The molecule has 1 amide bonds. The van der Waals surface area contributed by atoms with Gasteiger partial charge in [-0.1, -0.05) is 0 Å². The van der Waals surface area contributed by atoms with Crippen LogP contribution in [0.2, 0.25) is 0 Å². The minimum absolute atomic E-state index is 0.0423. The van der Waals surface area contributed by atoms with Gasteiger partial charge >= 0.3 is 0 Å². The lowest BCUT2D eigenvalue weighted by Gasteiger charge is -2.27. The molecule has 3 heterocycles. The van der Waals surface area contributed by atoms with Gasteiger partial charge in [-0.2, -0.15) is 0 Å². The molecule has 2 fully saturated rings. The maximum atomic E-state index is 11.4. The molecule has 1 atom stereocenters. The summed E-state index contributed by atoms with van der Waals surface area (Å²) >= 11 is 0. The van der Waals surface area contributed by atoms with Crippen molar-refractivity contribution >= 4 is 11.9 Å². The van der Waals surface area contributed by atoms with E-state index in [0.717, 1.165) is 44.7 Å². The first-order valence-electron chi connectivity index (χ1n) is 6.60. The highest BCUT2D eigenvalue weighted by Crippen LogP contribution is 2.31. The lowest BCUT2D eigenvalue weighted by Crippen LogP contribution is -2.42. The fraction of sp³-hybridized carbons (Fsp3) is 0.615. The van der Waals surface area contributed by atoms with Crippen LogP contribution in [0.4, 0.5) is 5.95 Å². The van der Waals surface area contributed by atoms with E-state index in [2.05, 4.69) is 20.2 Å². The second kappa shape index (κ2) is 4.55. The van der Waals surface area contributed by atoms with Crippen LogP contribution in [-0.4, -0.2) is 34.5 Å². The summed E-state index contributed by atoms with van der Waals surface area (Å²) in [5, 5.41) is 3.17. The van der Waals surface area contributed by atoms with Gasteiger partial charge in [0.1, 0.15) is 0 Å². The van der Waals surface area contributed by atoms with Gasteiger partial charge in [-0.25, -0.2) is 9.97 Å². The number of amides is 1. The predicted molar refractivity (Wildman–Crippen MR) is 68.2 cm³/mol. The van der Waals surface area contributed by atoms with Gasteiger partial charge in [-0.05, 0) is 31.7 Å². The van der Waals surface area contributed by atoms with Gasteiger partial charge < -0.3 is 10.2 Å². The summed E-state index contributed by atoms with van der Waals surface area (Å²) in [6.07, 6.45) is 8.37. The highest BCUT2D eigenvalue weighted by molar-refractivity contribution is 5.79. The molecule has 0 saturated carbocycles. The van der Waals surface area contributed by atoms with E-state index in [4.69, 9.17) is 0 Å². The summed E-state index contributed by atoms with van der Waals surface area (Å²) in [7, 11) is 0. The molecule has 1 aromatic heterocycles. The Morgan fingerprint density at radius 2 is 2.00 bits per heavy atom. The van der Waals surface area contributed by atoms with Crippen molar-refractivity contribution in [1.29, 1.82) is 0 Å². The highest BCUT2D eigenvalue weighted by Gasteiger charge is 2.38. The van der Waals surface area contributed by atoms with E-state index in [1.165, 1.54) is 0 Å². The molecule has 3 rings (SSSR count).